The summed E-state index contributed by atoms with van der Waals surface area (Å²) in [6.45, 7) is 7.69. The summed E-state index contributed by atoms with van der Waals surface area (Å²) in [5, 5.41) is 3.75. The van der Waals surface area contributed by atoms with Gasteiger partial charge in [0.15, 0.2) is 0 Å². The minimum atomic E-state index is -3.22. The van der Waals surface area contributed by atoms with Crippen molar-refractivity contribution in [1.29, 1.82) is 0 Å². The molecule has 0 amide bonds. The standard InChI is InChI=1S/C7H16N2O2S/c1-6(7(2,3)4)8-9-12(5,10)11/h9H,1-5H3/b8-6+. The number of hydrazone groups is 1. The van der Waals surface area contributed by atoms with E-state index in [1.165, 1.54) is 0 Å². The van der Waals surface area contributed by atoms with Crippen LogP contribution in [-0.2, 0) is 10.0 Å². The summed E-state index contributed by atoms with van der Waals surface area (Å²) in [6.07, 6.45) is 1.08. The molecular formula is C7H16N2O2S. The van der Waals surface area contributed by atoms with Crippen molar-refractivity contribution in [2.75, 3.05) is 6.26 Å². The van der Waals surface area contributed by atoms with Crippen molar-refractivity contribution in [3.8, 4) is 0 Å². The van der Waals surface area contributed by atoms with Gasteiger partial charge < -0.3 is 0 Å². The summed E-state index contributed by atoms with van der Waals surface area (Å²) < 4.78 is 21.3. The lowest BCUT2D eigenvalue weighted by atomic mass is 9.91. The lowest BCUT2D eigenvalue weighted by molar-refractivity contribution is 0.574. The molecule has 0 heterocycles. The zero-order chi connectivity index (χ0) is 9.99. The molecule has 0 atom stereocenters. The Bertz CT molecular complexity index is 272. The molecule has 72 valence electrons. The van der Waals surface area contributed by atoms with Crippen LogP contribution in [0.2, 0.25) is 0 Å². The van der Waals surface area contributed by atoms with Gasteiger partial charge in [0.2, 0.25) is 10.0 Å². The molecule has 0 aliphatic heterocycles. The normalized spacial score (nSPS) is 14.6. The van der Waals surface area contributed by atoms with Crippen LogP contribution in [-0.4, -0.2) is 20.4 Å². The molecular weight excluding hydrogens is 176 g/mol. The van der Waals surface area contributed by atoms with Crippen LogP contribution in [0.3, 0.4) is 0 Å². The van der Waals surface area contributed by atoms with E-state index in [9.17, 15) is 8.42 Å². The molecule has 0 radical (unpaired) electrons. The quantitative estimate of drug-likeness (QED) is 0.523. The molecule has 0 aliphatic carbocycles. The van der Waals surface area contributed by atoms with Crippen LogP contribution in [0.15, 0.2) is 5.10 Å². The molecule has 0 aromatic carbocycles. The third kappa shape index (κ3) is 5.12. The minimum absolute atomic E-state index is 0.0995. The molecule has 4 nitrogen and oxygen atoms in total. The van der Waals surface area contributed by atoms with E-state index >= 15 is 0 Å². The van der Waals surface area contributed by atoms with Crippen LogP contribution in [0.4, 0.5) is 0 Å². The number of sulfonamides is 1. The van der Waals surface area contributed by atoms with Gasteiger partial charge in [-0.15, -0.1) is 0 Å². The van der Waals surface area contributed by atoms with Crippen molar-refractivity contribution < 1.29 is 8.42 Å². The van der Waals surface area contributed by atoms with Crippen molar-refractivity contribution in [2.24, 2.45) is 10.5 Å². The zero-order valence-corrected chi connectivity index (χ0v) is 8.99. The summed E-state index contributed by atoms with van der Waals surface area (Å²) in [6, 6.07) is 0. The Kier molecular flexibility index (Phi) is 3.26. The molecule has 0 saturated heterocycles. The molecule has 1 N–H and O–H groups in total. The van der Waals surface area contributed by atoms with E-state index in [2.05, 4.69) is 9.93 Å². The van der Waals surface area contributed by atoms with Crippen molar-refractivity contribution in [3.63, 3.8) is 0 Å². The van der Waals surface area contributed by atoms with Crippen LogP contribution < -0.4 is 4.83 Å². The summed E-state index contributed by atoms with van der Waals surface area (Å²) in [7, 11) is -3.22. The van der Waals surface area contributed by atoms with Gasteiger partial charge in [-0.25, -0.2) is 13.2 Å². The fourth-order valence-corrected chi connectivity index (χ4v) is 0.622. The van der Waals surface area contributed by atoms with Gasteiger partial charge >= 0.3 is 0 Å². The van der Waals surface area contributed by atoms with E-state index in [0.29, 0.717) is 0 Å². The Balaban J connectivity index is 4.42. The van der Waals surface area contributed by atoms with Crippen LogP contribution in [0.25, 0.3) is 0 Å². The van der Waals surface area contributed by atoms with Crippen LogP contribution in [0.1, 0.15) is 27.7 Å². The Labute approximate surface area is 74.1 Å². The van der Waals surface area contributed by atoms with Crippen molar-refractivity contribution in [1.82, 2.24) is 4.83 Å². The second-order valence-electron chi connectivity index (χ2n) is 3.81. The average Bonchev–Trinajstić information content (AvgIpc) is 1.78. The van der Waals surface area contributed by atoms with E-state index in [1.54, 1.807) is 6.92 Å². The fourth-order valence-electron chi connectivity index (χ4n) is 0.319. The van der Waals surface area contributed by atoms with Gasteiger partial charge in [-0.1, -0.05) is 20.8 Å². The van der Waals surface area contributed by atoms with Gasteiger partial charge in [0.25, 0.3) is 0 Å². The number of nitrogens with one attached hydrogen (secondary N) is 1. The highest BCUT2D eigenvalue weighted by atomic mass is 32.2. The molecule has 0 aliphatic rings. The predicted octanol–water partition coefficient (Wildman–Crippen LogP) is 0.958. The second-order valence-corrected chi connectivity index (χ2v) is 5.54. The predicted molar refractivity (Wildman–Crippen MR) is 50.5 cm³/mol. The monoisotopic (exact) mass is 192 g/mol. The van der Waals surface area contributed by atoms with Crippen molar-refractivity contribution in [3.05, 3.63) is 0 Å². The Morgan fingerprint density at radius 3 is 2.00 bits per heavy atom. The smallest absolute Gasteiger partial charge is 0.206 e. The lowest BCUT2D eigenvalue weighted by Crippen LogP contribution is -2.23. The molecule has 5 heteroatoms. The van der Waals surface area contributed by atoms with E-state index in [1.807, 2.05) is 20.8 Å². The number of hydrogen-bond donors (Lipinski definition) is 1. The molecule has 0 aromatic rings. The second kappa shape index (κ2) is 3.43. The van der Waals surface area contributed by atoms with Crippen molar-refractivity contribution in [2.45, 2.75) is 27.7 Å². The highest BCUT2D eigenvalue weighted by Gasteiger charge is 2.14. The van der Waals surface area contributed by atoms with Crippen LogP contribution in [0.5, 0.6) is 0 Å². The molecule has 0 aromatic heterocycles. The highest BCUT2D eigenvalue weighted by molar-refractivity contribution is 7.88. The van der Waals surface area contributed by atoms with E-state index < -0.39 is 10.0 Å². The number of hydrogen-bond acceptors (Lipinski definition) is 3. The van der Waals surface area contributed by atoms with Gasteiger partial charge in [-0.3, -0.25) is 0 Å². The molecule has 12 heavy (non-hydrogen) atoms. The summed E-state index contributed by atoms with van der Waals surface area (Å²) in [5.74, 6) is 0. The average molecular weight is 192 g/mol. The fraction of sp³-hybridized carbons (Fsp3) is 0.857. The Morgan fingerprint density at radius 1 is 1.33 bits per heavy atom. The first kappa shape index (κ1) is 11.4. The maximum absolute atomic E-state index is 10.6. The SMILES string of the molecule is C/C(=N\NS(C)(=O)=O)C(C)(C)C. The largest absolute Gasteiger partial charge is 0.244 e. The zero-order valence-electron chi connectivity index (χ0n) is 8.17. The van der Waals surface area contributed by atoms with Crippen molar-refractivity contribution >= 4 is 15.7 Å². The lowest BCUT2D eigenvalue weighted by Gasteiger charge is -2.17. The third-order valence-corrected chi connectivity index (χ3v) is 1.89. The Hall–Kier alpha value is -0.580. The van der Waals surface area contributed by atoms with Crippen LogP contribution in [0, 0.1) is 5.41 Å². The summed E-state index contributed by atoms with van der Waals surface area (Å²) >= 11 is 0. The highest BCUT2D eigenvalue weighted by Crippen LogP contribution is 2.14. The maximum atomic E-state index is 10.6. The van der Waals surface area contributed by atoms with Gasteiger partial charge in [0, 0.05) is 11.1 Å². The first-order valence-electron chi connectivity index (χ1n) is 3.64. The van der Waals surface area contributed by atoms with Crippen LogP contribution >= 0.6 is 0 Å². The minimum Gasteiger partial charge on any atom is -0.206 e. The topological polar surface area (TPSA) is 58.5 Å². The first-order valence-corrected chi connectivity index (χ1v) is 5.53. The molecule has 0 saturated carbocycles. The maximum Gasteiger partial charge on any atom is 0.244 e. The van der Waals surface area contributed by atoms with Gasteiger partial charge in [0.05, 0.1) is 6.26 Å². The number of rotatable bonds is 2. The van der Waals surface area contributed by atoms with E-state index in [4.69, 9.17) is 0 Å². The van der Waals surface area contributed by atoms with E-state index in [0.717, 1.165) is 12.0 Å². The Morgan fingerprint density at radius 2 is 1.75 bits per heavy atom. The van der Waals surface area contributed by atoms with E-state index in [-0.39, 0.29) is 5.41 Å². The third-order valence-electron chi connectivity index (χ3n) is 1.46. The molecule has 0 spiro atoms. The number of nitrogens with zero attached hydrogens (tertiary/aromatic N) is 1. The molecule has 0 unspecified atom stereocenters. The summed E-state index contributed by atoms with van der Waals surface area (Å²) in [4.78, 5) is 2.09. The van der Waals surface area contributed by atoms with Gasteiger partial charge in [-0.2, -0.15) is 5.10 Å². The summed E-state index contributed by atoms with van der Waals surface area (Å²) in [5.41, 5.74) is 0.658. The van der Waals surface area contributed by atoms with Gasteiger partial charge in [0.1, 0.15) is 0 Å². The molecule has 0 fully saturated rings. The first-order chi connectivity index (χ1) is 5.13. The molecule has 0 bridgehead atoms. The molecule has 0 rings (SSSR count). The van der Waals surface area contributed by atoms with Gasteiger partial charge in [-0.05, 0) is 6.92 Å².